The molecule has 0 unspecified atom stereocenters. The summed E-state index contributed by atoms with van der Waals surface area (Å²) in [6.07, 6.45) is -5.61. The lowest BCUT2D eigenvalue weighted by atomic mass is 10.1. The number of ketones is 1. The predicted molar refractivity (Wildman–Crippen MR) is 84.2 cm³/mol. The van der Waals surface area contributed by atoms with Crippen LogP contribution >= 0.6 is 23.1 Å². The van der Waals surface area contributed by atoms with Gasteiger partial charge in [-0.15, -0.1) is 11.3 Å². The van der Waals surface area contributed by atoms with Crippen LogP contribution in [0.4, 0.5) is 13.2 Å². The molecule has 5 nitrogen and oxygen atoms in total. The van der Waals surface area contributed by atoms with Crippen LogP contribution in [-0.4, -0.2) is 40.0 Å². The number of fused-ring (bicyclic) bond motifs is 2. The number of nitrogens with zero attached hydrogens (tertiary/aromatic N) is 2. The first-order valence-electron chi connectivity index (χ1n) is 7.37. The van der Waals surface area contributed by atoms with E-state index in [9.17, 15) is 18.0 Å². The van der Waals surface area contributed by atoms with Crippen molar-refractivity contribution in [3.05, 3.63) is 29.3 Å². The quantitative estimate of drug-likeness (QED) is 0.751. The number of ether oxygens (including phenoxy) is 2. The largest absolute Gasteiger partial charge is 0.433 e. The molecule has 2 aliphatic rings. The fourth-order valence-corrected chi connectivity index (χ4v) is 4.44. The molecular formula is C15H11F3N2O3S2. The molecule has 0 N–H and O–H groups in total. The Morgan fingerprint density at radius 3 is 2.88 bits per heavy atom. The van der Waals surface area contributed by atoms with Gasteiger partial charge in [-0.3, -0.25) is 4.79 Å². The number of thiophene rings is 1. The van der Waals surface area contributed by atoms with E-state index in [4.69, 9.17) is 9.47 Å². The number of halogens is 3. The first kappa shape index (κ1) is 17.0. The van der Waals surface area contributed by atoms with Crippen LogP contribution in [0.2, 0.25) is 0 Å². The summed E-state index contributed by atoms with van der Waals surface area (Å²) in [6.45, 7) is 0.241. The topological polar surface area (TPSA) is 61.3 Å². The van der Waals surface area contributed by atoms with Gasteiger partial charge in [0.1, 0.15) is 5.69 Å². The van der Waals surface area contributed by atoms with E-state index in [0.29, 0.717) is 4.88 Å². The lowest BCUT2D eigenvalue weighted by Crippen LogP contribution is -2.37. The Balaban J connectivity index is 1.66. The highest BCUT2D eigenvalue weighted by molar-refractivity contribution is 7.99. The standard InChI is InChI=1S/C15H11F3N2O3S2/c16-15(17,18)12-4-7(10-2-1-3-24-10)19-14(20-12)25-11-5-8(21)13-22-6-9(11)23-13/h1-4,9,11,13H,5-6H2/t9-,11-,13-/m0/s1. The van der Waals surface area contributed by atoms with Gasteiger partial charge in [0.05, 0.1) is 23.3 Å². The van der Waals surface area contributed by atoms with Gasteiger partial charge < -0.3 is 9.47 Å². The van der Waals surface area contributed by atoms with E-state index in [1.165, 1.54) is 11.3 Å². The summed E-state index contributed by atoms with van der Waals surface area (Å²) in [6, 6.07) is 4.38. The molecule has 2 saturated heterocycles. The van der Waals surface area contributed by atoms with Crippen LogP contribution < -0.4 is 0 Å². The molecule has 0 aliphatic carbocycles. The minimum absolute atomic E-state index is 0.0232. The maximum Gasteiger partial charge on any atom is 0.433 e. The Labute approximate surface area is 148 Å². The first-order chi connectivity index (χ1) is 11.9. The smallest absolute Gasteiger partial charge is 0.343 e. The Bertz CT molecular complexity index is 798. The van der Waals surface area contributed by atoms with E-state index < -0.39 is 18.2 Å². The zero-order valence-electron chi connectivity index (χ0n) is 12.5. The molecule has 2 fully saturated rings. The van der Waals surface area contributed by atoms with Crippen LogP contribution in [0.25, 0.3) is 10.6 Å². The third kappa shape index (κ3) is 3.43. The number of carbonyl (C=O) groups excluding carboxylic acids is 1. The molecule has 0 spiro atoms. The van der Waals surface area contributed by atoms with E-state index in [1.807, 2.05) is 0 Å². The van der Waals surface area contributed by atoms with E-state index >= 15 is 0 Å². The molecule has 0 amide bonds. The molecular weight excluding hydrogens is 377 g/mol. The summed E-state index contributed by atoms with van der Waals surface area (Å²) in [5, 5.41) is 1.37. The normalized spacial score (nSPS) is 26.2. The molecule has 4 rings (SSSR count). The molecule has 3 atom stereocenters. The number of hydrogen-bond acceptors (Lipinski definition) is 7. The van der Waals surface area contributed by atoms with Gasteiger partial charge in [-0.2, -0.15) is 13.2 Å². The molecule has 2 bridgehead atoms. The molecule has 0 saturated carbocycles. The van der Waals surface area contributed by atoms with Gasteiger partial charge in [-0.25, -0.2) is 9.97 Å². The minimum Gasteiger partial charge on any atom is -0.343 e. The maximum atomic E-state index is 13.2. The lowest BCUT2D eigenvalue weighted by Gasteiger charge is -2.25. The Morgan fingerprint density at radius 1 is 1.32 bits per heavy atom. The van der Waals surface area contributed by atoms with Gasteiger partial charge >= 0.3 is 6.18 Å². The molecule has 4 heterocycles. The number of rotatable bonds is 3. The van der Waals surface area contributed by atoms with Crippen molar-refractivity contribution in [2.45, 2.75) is 35.4 Å². The summed E-state index contributed by atoms with van der Waals surface area (Å²) in [7, 11) is 0. The van der Waals surface area contributed by atoms with Crippen LogP contribution in [0.3, 0.4) is 0 Å². The van der Waals surface area contributed by atoms with Crippen LogP contribution in [0.5, 0.6) is 0 Å². The predicted octanol–water partition coefficient (Wildman–Crippen LogP) is 3.40. The molecule has 0 radical (unpaired) electrons. The third-order valence-corrected chi connectivity index (χ3v) is 5.88. The average Bonchev–Trinajstić information content (AvgIpc) is 3.23. The van der Waals surface area contributed by atoms with E-state index in [-0.39, 0.29) is 41.0 Å². The fraction of sp³-hybridized carbons (Fsp3) is 0.400. The van der Waals surface area contributed by atoms with Crippen molar-refractivity contribution in [1.29, 1.82) is 0 Å². The summed E-state index contributed by atoms with van der Waals surface area (Å²) in [4.78, 5) is 20.4. The Morgan fingerprint density at radius 2 is 2.16 bits per heavy atom. The highest BCUT2D eigenvalue weighted by Gasteiger charge is 2.44. The lowest BCUT2D eigenvalue weighted by molar-refractivity contribution is -0.151. The highest BCUT2D eigenvalue weighted by atomic mass is 32.2. The second-order valence-electron chi connectivity index (χ2n) is 5.56. The second kappa shape index (κ2) is 6.35. The molecule has 10 heteroatoms. The molecule has 2 aliphatic heterocycles. The average molecular weight is 388 g/mol. The Kier molecular flexibility index (Phi) is 4.30. The fourth-order valence-electron chi connectivity index (χ4n) is 2.64. The highest BCUT2D eigenvalue weighted by Crippen LogP contribution is 2.38. The van der Waals surface area contributed by atoms with Crippen LogP contribution in [0.1, 0.15) is 12.1 Å². The molecule has 0 aromatic carbocycles. The maximum absolute atomic E-state index is 13.2. The number of hydrogen-bond donors (Lipinski definition) is 0. The van der Waals surface area contributed by atoms with Crippen LogP contribution in [-0.2, 0) is 20.4 Å². The third-order valence-electron chi connectivity index (χ3n) is 3.82. The van der Waals surface area contributed by atoms with Crippen molar-refractivity contribution in [2.75, 3.05) is 6.61 Å². The van der Waals surface area contributed by atoms with Crippen molar-refractivity contribution in [2.24, 2.45) is 0 Å². The summed E-state index contributed by atoms with van der Waals surface area (Å²) >= 11 is 2.32. The summed E-state index contributed by atoms with van der Waals surface area (Å²) in [5.41, 5.74) is -0.791. The van der Waals surface area contributed by atoms with Crippen molar-refractivity contribution in [3.8, 4) is 10.6 Å². The molecule has 2 aromatic rings. The molecule has 2 aromatic heterocycles. The summed E-state index contributed by atoms with van der Waals surface area (Å²) in [5.74, 6) is -0.211. The van der Waals surface area contributed by atoms with Crippen molar-refractivity contribution < 1.29 is 27.4 Å². The van der Waals surface area contributed by atoms with Crippen molar-refractivity contribution >= 4 is 28.9 Å². The van der Waals surface area contributed by atoms with E-state index in [2.05, 4.69) is 9.97 Å². The van der Waals surface area contributed by atoms with Gasteiger partial charge in [0.2, 0.25) is 6.29 Å². The molecule has 132 valence electrons. The minimum atomic E-state index is -4.58. The molecule has 25 heavy (non-hydrogen) atoms. The van der Waals surface area contributed by atoms with Crippen LogP contribution in [0.15, 0.2) is 28.7 Å². The van der Waals surface area contributed by atoms with Crippen molar-refractivity contribution in [3.63, 3.8) is 0 Å². The number of alkyl halides is 3. The zero-order chi connectivity index (χ0) is 17.6. The van der Waals surface area contributed by atoms with Gasteiger partial charge in [-0.1, -0.05) is 17.8 Å². The number of thioether (sulfide) groups is 1. The zero-order valence-corrected chi connectivity index (χ0v) is 14.2. The van der Waals surface area contributed by atoms with E-state index in [0.717, 1.165) is 17.8 Å². The second-order valence-corrected chi connectivity index (χ2v) is 7.72. The number of carbonyl (C=O) groups is 1. The van der Waals surface area contributed by atoms with Gasteiger partial charge in [0.15, 0.2) is 10.9 Å². The van der Waals surface area contributed by atoms with Gasteiger partial charge in [-0.05, 0) is 17.5 Å². The number of Topliss-reactive ketones (excluding diaryl/α,β-unsaturated/α-hetero) is 1. The van der Waals surface area contributed by atoms with Crippen molar-refractivity contribution in [1.82, 2.24) is 9.97 Å². The van der Waals surface area contributed by atoms with E-state index in [1.54, 1.807) is 17.5 Å². The number of aromatic nitrogens is 2. The van der Waals surface area contributed by atoms with Gasteiger partial charge in [0.25, 0.3) is 0 Å². The van der Waals surface area contributed by atoms with Crippen LogP contribution in [0, 0.1) is 0 Å². The monoisotopic (exact) mass is 388 g/mol. The Hall–Kier alpha value is -1.49. The SMILES string of the molecule is O=C1C[C@H](Sc2nc(-c3cccs3)cc(C(F)(F)F)n2)[C@@H]2CO[C@H]1O2. The first-order valence-corrected chi connectivity index (χ1v) is 9.12. The van der Waals surface area contributed by atoms with Gasteiger partial charge in [0, 0.05) is 11.7 Å². The summed E-state index contributed by atoms with van der Waals surface area (Å²) < 4.78 is 50.2.